The summed E-state index contributed by atoms with van der Waals surface area (Å²) in [7, 11) is 0. The lowest BCUT2D eigenvalue weighted by Crippen LogP contribution is -1.93. The Kier molecular flexibility index (Phi) is 1.65. The van der Waals surface area contributed by atoms with Crippen molar-refractivity contribution < 1.29 is 0 Å². The van der Waals surface area contributed by atoms with Crippen LogP contribution in [0.4, 0.5) is 5.69 Å². The number of nitrogens with two attached hydrogens (primary N) is 1. The van der Waals surface area contributed by atoms with Gasteiger partial charge < -0.3 is 5.73 Å². The second-order valence-electron chi connectivity index (χ2n) is 2.38. The van der Waals surface area contributed by atoms with Crippen molar-refractivity contribution in [1.82, 2.24) is 14.6 Å². The van der Waals surface area contributed by atoms with Gasteiger partial charge in [-0.15, -0.1) is 11.8 Å². The second kappa shape index (κ2) is 2.67. The van der Waals surface area contributed by atoms with Crippen LogP contribution in [0, 0.1) is 0 Å². The Morgan fingerprint density at radius 2 is 2.42 bits per heavy atom. The highest BCUT2D eigenvalue weighted by molar-refractivity contribution is 7.98. The summed E-state index contributed by atoms with van der Waals surface area (Å²) in [6.45, 7) is 0. The van der Waals surface area contributed by atoms with Gasteiger partial charge >= 0.3 is 0 Å². The molecular weight excluding hydrogens is 172 g/mol. The maximum absolute atomic E-state index is 5.54. The minimum absolute atomic E-state index is 0.623. The van der Waals surface area contributed by atoms with Gasteiger partial charge in [-0.3, -0.25) is 0 Å². The minimum Gasteiger partial charge on any atom is -0.396 e. The summed E-state index contributed by atoms with van der Waals surface area (Å²) in [6.07, 6.45) is 5.36. The SMILES string of the molecule is CSc1cc2ncc(N)cn2n1. The third kappa shape index (κ3) is 1.12. The standard InChI is InChI=1S/C7H8N4S/c1-12-7-2-6-9-3-5(8)4-11(6)10-7/h2-4H,8H2,1H3. The fraction of sp³-hybridized carbons (Fsp3) is 0.143. The van der Waals surface area contributed by atoms with E-state index in [1.807, 2.05) is 12.3 Å². The molecule has 0 atom stereocenters. The first-order valence-corrected chi connectivity index (χ1v) is 4.67. The summed E-state index contributed by atoms with van der Waals surface area (Å²) in [5.74, 6) is 0. The molecule has 2 heterocycles. The molecule has 0 aromatic carbocycles. The average Bonchev–Trinajstić information content (AvgIpc) is 2.46. The Morgan fingerprint density at radius 3 is 3.17 bits per heavy atom. The van der Waals surface area contributed by atoms with Crippen LogP contribution in [0.15, 0.2) is 23.5 Å². The monoisotopic (exact) mass is 180 g/mol. The molecule has 2 aromatic rings. The molecule has 2 N–H and O–H groups in total. The van der Waals surface area contributed by atoms with Crippen molar-refractivity contribution in [2.45, 2.75) is 5.03 Å². The van der Waals surface area contributed by atoms with E-state index in [9.17, 15) is 0 Å². The van der Waals surface area contributed by atoms with Gasteiger partial charge in [0.2, 0.25) is 0 Å². The first-order valence-electron chi connectivity index (χ1n) is 3.44. The van der Waals surface area contributed by atoms with E-state index in [0.717, 1.165) is 10.7 Å². The fourth-order valence-corrected chi connectivity index (χ4v) is 1.36. The van der Waals surface area contributed by atoms with Gasteiger partial charge in [0.1, 0.15) is 5.03 Å². The second-order valence-corrected chi connectivity index (χ2v) is 3.20. The molecule has 0 fully saturated rings. The Balaban J connectivity index is 2.67. The highest BCUT2D eigenvalue weighted by atomic mass is 32.2. The van der Waals surface area contributed by atoms with Crippen LogP contribution < -0.4 is 5.73 Å². The normalized spacial score (nSPS) is 10.8. The summed E-state index contributed by atoms with van der Waals surface area (Å²) in [5.41, 5.74) is 7.00. The van der Waals surface area contributed by atoms with Gasteiger partial charge in [-0.25, -0.2) is 9.50 Å². The maximum Gasteiger partial charge on any atom is 0.156 e. The zero-order valence-electron chi connectivity index (χ0n) is 6.56. The van der Waals surface area contributed by atoms with E-state index in [1.165, 1.54) is 0 Å². The van der Waals surface area contributed by atoms with Crippen molar-refractivity contribution in [2.75, 3.05) is 12.0 Å². The predicted molar refractivity (Wildman–Crippen MR) is 49.2 cm³/mol. The molecule has 0 saturated heterocycles. The van der Waals surface area contributed by atoms with Crippen LogP contribution in [0.25, 0.3) is 5.65 Å². The van der Waals surface area contributed by atoms with E-state index >= 15 is 0 Å². The van der Waals surface area contributed by atoms with Crippen LogP contribution in [0.2, 0.25) is 0 Å². The van der Waals surface area contributed by atoms with Crippen LogP contribution in [0.1, 0.15) is 0 Å². The molecular formula is C7H8N4S. The number of nitrogen functional groups attached to an aromatic ring is 1. The summed E-state index contributed by atoms with van der Waals surface area (Å²) in [5, 5.41) is 5.18. The Morgan fingerprint density at radius 1 is 1.58 bits per heavy atom. The van der Waals surface area contributed by atoms with Crippen molar-refractivity contribution in [3.05, 3.63) is 18.5 Å². The van der Waals surface area contributed by atoms with Gasteiger partial charge in [0.15, 0.2) is 5.65 Å². The van der Waals surface area contributed by atoms with Gasteiger partial charge in [-0.2, -0.15) is 5.10 Å². The van der Waals surface area contributed by atoms with Crippen LogP contribution >= 0.6 is 11.8 Å². The molecule has 5 heteroatoms. The molecule has 0 spiro atoms. The number of rotatable bonds is 1. The number of hydrogen-bond donors (Lipinski definition) is 1. The van der Waals surface area contributed by atoms with Crippen molar-refractivity contribution in [2.24, 2.45) is 0 Å². The van der Waals surface area contributed by atoms with E-state index in [-0.39, 0.29) is 0 Å². The molecule has 0 amide bonds. The topological polar surface area (TPSA) is 56.2 Å². The maximum atomic E-state index is 5.54. The molecule has 12 heavy (non-hydrogen) atoms. The van der Waals surface area contributed by atoms with Crippen LogP contribution in [-0.4, -0.2) is 20.9 Å². The Labute approximate surface area is 73.8 Å². The molecule has 0 bridgehead atoms. The number of fused-ring (bicyclic) bond motifs is 1. The molecule has 2 rings (SSSR count). The number of nitrogens with zero attached hydrogens (tertiary/aromatic N) is 3. The third-order valence-electron chi connectivity index (χ3n) is 1.52. The first-order chi connectivity index (χ1) is 5.79. The molecule has 0 radical (unpaired) electrons. The molecule has 62 valence electrons. The molecule has 2 aromatic heterocycles. The lowest BCUT2D eigenvalue weighted by atomic mass is 10.5. The van der Waals surface area contributed by atoms with Gasteiger partial charge in [0.25, 0.3) is 0 Å². The number of thioether (sulfide) groups is 1. The van der Waals surface area contributed by atoms with Gasteiger partial charge in [-0.1, -0.05) is 0 Å². The van der Waals surface area contributed by atoms with Crippen molar-refractivity contribution in [1.29, 1.82) is 0 Å². The number of anilines is 1. The predicted octanol–water partition coefficient (Wildman–Crippen LogP) is 1.03. The Hall–Kier alpha value is -1.23. The van der Waals surface area contributed by atoms with E-state index < -0.39 is 0 Å². The largest absolute Gasteiger partial charge is 0.396 e. The van der Waals surface area contributed by atoms with Gasteiger partial charge in [-0.05, 0) is 6.26 Å². The van der Waals surface area contributed by atoms with Gasteiger partial charge in [0.05, 0.1) is 18.1 Å². The van der Waals surface area contributed by atoms with Crippen LogP contribution in [0.3, 0.4) is 0 Å². The van der Waals surface area contributed by atoms with E-state index in [1.54, 1.807) is 28.7 Å². The summed E-state index contributed by atoms with van der Waals surface area (Å²) in [4.78, 5) is 4.11. The first kappa shape index (κ1) is 7.42. The van der Waals surface area contributed by atoms with Crippen molar-refractivity contribution in [3.8, 4) is 0 Å². The highest BCUT2D eigenvalue weighted by Gasteiger charge is 2.00. The number of aromatic nitrogens is 3. The highest BCUT2D eigenvalue weighted by Crippen LogP contribution is 2.14. The van der Waals surface area contributed by atoms with Crippen LogP contribution in [0.5, 0.6) is 0 Å². The number of hydrogen-bond acceptors (Lipinski definition) is 4. The van der Waals surface area contributed by atoms with Crippen molar-refractivity contribution in [3.63, 3.8) is 0 Å². The molecule has 0 aliphatic heterocycles. The smallest absolute Gasteiger partial charge is 0.156 e. The quantitative estimate of drug-likeness (QED) is 0.666. The third-order valence-corrected chi connectivity index (χ3v) is 2.14. The van der Waals surface area contributed by atoms with Crippen LogP contribution in [-0.2, 0) is 0 Å². The lowest BCUT2D eigenvalue weighted by Gasteiger charge is -1.92. The summed E-state index contributed by atoms with van der Waals surface area (Å²) >= 11 is 1.59. The van der Waals surface area contributed by atoms with E-state index in [0.29, 0.717) is 5.69 Å². The lowest BCUT2D eigenvalue weighted by molar-refractivity contribution is 0.891. The molecule has 4 nitrogen and oxygen atoms in total. The fourth-order valence-electron chi connectivity index (χ4n) is 0.969. The van der Waals surface area contributed by atoms with E-state index in [2.05, 4.69) is 10.1 Å². The molecule has 0 saturated carbocycles. The average molecular weight is 180 g/mol. The van der Waals surface area contributed by atoms with Gasteiger partial charge in [0, 0.05) is 6.07 Å². The molecule has 0 aliphatic rings. The summed E-state index contributed by atoms with van der Waals surface area (Å²) < 4.78 is 1.68. The zero-order chi connectivity index (χ0) is 8.55. The summed E-state index contributed by atoms with van der Waals surface area (Å²) in [6, 6.07) is 1.92. The van der Waals surface area contributed by atoms with Crippen molar-refractivity contribution >= 4 is 23.1 Å². The minimum atomic E-state index is 0.623. The Bertz CT molecular complexity index is 409. The zero-order valence-corrected chi connectivity index (χ0v) is 7.38. The van der Waals surface area contributed by atoms with E-state index in [4.69, 9.17) is 5.73 Å². The molecule has 0 unspecified atom stereocenters. The molecule has 0 aliphatic carbocycles.